The molecule has 3 aliphatic rings. The Morgan fingerprint density at radius 2 is 1.36 bits per heavy atom. The van der Waals surface area contributed by atoms with E-state index in [-0.39, 0.29) is 30.2 Å². The van der Waals surface area contributed by atoms with Crippen molar-refractivity contribution in [1.82, 2.24) is 15.1 Å². The number of benzene rings is 4. The van der Waals surface area contributed by atoms with Gasteiger partial charge < -0.3 is 9.64 Å². The van der Waals surface area contributed by atoms with E-state index in [0.29, 0.717) is 11.6 Å². The molecular formula is C38H36N4O4S. The van der Waals surface area contributed by atoms with Crippen molar-refractivity contribution in [3.05, 3.63) is 138 Å². The number of nitrogens with one attached hydrogen (secondary N) is 1. The second-order valence-electron chi connectivity index (χ2n) is 12.6. The van der Waals surface area contributed by atoms with Crippen LogP contribution in [0.2, 0.25) is 0 Å². The van der Waals surface area contributed by atoms with Crippen molar-refractivity contribution in [3.63, 3.8) is 0 Å². The number of carbonyl (C=O) groups excluding carboxylic acids is 3. The summed E-state index contributed by atoms with van der Waals surface area (Å²) in [5.74, 6) is 0.136. The van der Waals surface area contributed by atoms with Gasteiger partial charge in [0, 0.05) is 4.75 Å². The average molecular weight is 645 g/mol. The molecule has 238 valence electrons. The van der Waals surface area contributed by atoms with Gasteiger partial charge in [0.25, 0.3) is 5.91 Å². The zero-order valence-electron chi connectivity index (χ0n) is 26.5. The van der Waals surface area contributed by atoms with Crippen LogP contribution in [0.1, 0.15) is 42.5 Å². The Morgan fingerprint density at radius 1 is 0.830 bits per heavy atom. The van der Waals surface area contributed by atoms with Crippen LogP contribution in [0.15, 0.2) is 120 Å². The van der Waals surface area contributed by atoms with Crippen LogP contribution >= 0.6 is 11.8 Å². The van der Waals surface area contributed by atoms with Gasteiger partial charge in [-0.25, -0.2) is 0 Å². The largest absolute Gasteiger partial charge is 0.497 e. The minimum Gasteiger partial charge on any atom is -0.497 e. The summed E-state index contributed by atoms with van der Waals surface area (Å²) in [4.78, 5) is 48.5. The van der Waals surface area contributed by atoms with Gasteiger partial charge in [-0.15, -0.1) is 11.8 Å². The van der Waals surface area contributed by atoms with Gasteiger partial charge in [0.2, 0.25) is 11.8 Å². The monoisotopic (exact) mass is 644 g/mol. The highest BCUT2D eigenvalue weighted by Gasteiger charge is 2.65. The third-order valence-corrected chi connectivity index (χ3v) is 10.9. The lowest BCUT2D eigenvalue weighted by Gasteiger charge is -2.50. The molecule has 3 aliphatic heterocycles. The molecule has 0 bridgehead atoms. The Labute approximate surface area is 278 Å². The molecule has 3 amide bonds. The van der Waals surface area contributed by atoms with Gasteiger partial charge >= 0.3 is 0 Å². The van der Waals surface area contributed by atoms with Crippen LogP contribution in [-0.4, -0.2) is 62.7 Å². The number of β-lactam (4-membered cyclic amide) rings is 1. The number of nitrogens with zero attached hydrogens (tertiary/aromatic N) is 3. The van der Waals surface area contributed by atoms with Crippen molar-refractivity contribution < 1.29 is 19.1 Å². The first-order valence-corrected chi connectivity index (χ1v) is 16.6. The van der Waals surface area contributed by atoms with E-state index in [9.17, 15) is 14.4 Å². The second-order valence-corrected chi connectivity index (χ2v) is 14.4. The van der Waals surface area contributed by atoms with E-state index in [1.165, 1.54) is 0 Å². The fourth-order valence-corrected chi connectivity index (χ4v) is 8.71. The molecule has 2 unspecified atom stereocenters. The molecule has 9 heteroatoms. The van der Waals surface area contributed by atoms with Gasteiger partial charge in [0.05, 0.1) is 19.2 Å². The number of ether oxygens (including phenoxy) is 1. The topological polar surface area (TPSA) is 91.3 Å². The second kappa shape index (κ2) is 12.1. The van der Waals surface area contributed by atoms with Crippen molar-refractivity contribution >= 4 is 35.3 Å². The first-order valence-electron chi connectivity index (χ1n) is 15.7. The predicted octanol–water partition coefficient (Wildman–Crippen LogP) is 5.37. The molecule has 1 N–H and O–H groups in total. The van der Waals surface area contributed by atoms with E-state index in [4.69, 9.17) is 4.74 Å². The third-order valence-electron chi connectivity index (χ3n) is 9.30. The van der Waals surface area contributed by atoms with E-state index in [2.05, 4.69) is 60.6 Å². The Kier molecular flexibility index (Phi) is 7.98. The molecule has 47 heavy (non-hydrogen) atoms. The predicted molar refractivity (Wildman–Crippen MR) is 183 cm³/mol. The highest BCUT2D eigenvalue weighted by Crippen LogP contribution is 2.53. The summed E-state index contributed by atoms with van der Waals surface area (Å²) < 4.78 is 4.76. The molecule has 2 saturated heterocycles. The smallest absolute Gasteiger partial charge is 0.256 e. The zero-order chi connectivity index (χ0) is 32.8. The highest BCUT2D eigenvalue weighted by atomic mass is 32.2. The molecule has 4 aromatic carbocycles. The van der Waals surface area contributed by atoms with Gasteiger partial charge in [-0.3, -0.25) is 24.6 Å². The molecule has 3 heterocycles. The molecule has 0 aromatic heterocycles. The fraction of sp³-hybridized carbons (Fsp3) is 0.263. The van der Waals surface area contributed by atoms with Crippen molar-refractivity contribution in [2.45, 2.75) is 54.6 Å². The highest BCUT2D eigenvalue weighted by molar-refractivity contribution is 8.01. The SMILES string of the molecule is COc1ccc(CN2C(=O)CC(=O)N=C2C2N3C(=O)C(NC(c4ccccc4)(c4ccccc4)c4ccccc4)[C@H]3SC2(C)C)cc1. The van der Waals surface area contributed by atoms with Crippen LogP contribution in [-0.2, 0) is 26.5 Å². The number of hydrogen-bond donors (Lipinski definition) is 1. The lowest BCUT2D eigenvalue weighted by atomic mass is 9.76. The van der Waals surface area contributed by atoms with Crippen LogP contribution in [0.4, 0.5) is 0 Å². The van der Waals surface area contributed by atoms with Crippen LogP contribution in [0, 0.1) is 0 Å². The standard InChI is InChI=1S/C38H36N4O4S/c1-37(2)33(34-39-30(43)23-31(44)41(34)24-25-19-21-29(46-3)22-20-25)42-35(45)32(36(42)47-37)40-38(26-13-7-4-8-14-26,27-15-9-5-10-16-27)28-17-11-6-12-18-28/h4-22,32-33,36,40H,23-24H2,1-3H3/t32?,33?,36-/m1/s1. The van der Waals surface area contributed by atoms with Gasteiger partial charge in [0.1, 0.15) is 35.5 Å². The number of methoxy groups -OCH3 is 1. The summed E-state index contributed by atoms with van der Waals surface area (Å²) in [6, 6.07) is 37.0. The van der Waals surface area contributed by atoms with Gasteiger partial charge in [0.15, 0.2) is 0 Å². The third kappa shape index (κ3) is 5.33. The van der Waals surface area contributed by atoms with E-state index in [1.807, 2.05) is 83.8 Å². The molecule has 7 rings (SSSR count). The first kappa shape index (κ1) is 30.9. The Bertz CT molecular complexity index is 1730. The number of fused-ring (bicyclic) bond motifs is 1. The normalized spacial score (nSPS) is 22.1. The van der Waals surface area contributed by atoms with Crippen molar-refractivity contribution in [2.75, 3.05) is 7.11 Å². The average Bonchev–Trinajstić information content (AvgIpc) is 3.35. The molecule has 4 aromatic rings. The molecule has 0 spiro atoms. The maximum Gasteiger partial charge on any atom is 0.256 e. The minimum absolute atomic E-state index is 0.0946. The summed E-state index contributed by atoms with van der Waals surface area (Å²) >= 11 is 1.67. The van der Waals surface area contributed by atoms with Gasteiger partial charge in [-0.2, -0.15) is 4.99 Å². The number of amides is 3. The molecule has 0 aliphatic carbocycles. The Balaban J connectivity index is 1.26. The van der Waals surface area contributed by atoms with Gasteiger partial charge in [-0.05, 0) is 48.2 Å². The number of hydrogen-bond acceptors (Lipinski definition) is 6. The van der Waals surface area contributed by atoms with Crippen LogP contribution in [0.5, 0.6) is 5.75 Å². The molecule has 3 atom stereocenters. The quantitative estimate of drug-likeness (QED) is 0.150. The lowest BCUT2D eigenvalue weighted by molar-refractivity contribution is -0.148. The van der Waals surface area contributed by atoms with E-state index in [1.54, 1.807) is 23.8 Å². The van der Waals surface area contributed by atoms with Crippen LogP contribution in [0.3, 0.4) is 0 Å². The maximum absolute atomic E-state index is 14.4. The molecule has 8 nitrogen and oxygen atoms in total. The molecule has 0 saturated carbocycles. The summed E-state index contributed by atoms with van der Waals surface area (Å²) in [6.45, 7) is 4.35. The fourth-order valence-electron chi connectivity index (χ4n) is 7.08. The first-order chi connectivity index (χ1) is 22.7. The number of thioether (sulfide) groups is 1. The zero-order valence-corrected chi connectivity index (χ0v) is 27.3. The number of amidine groups is 1. The van der Waals surface area contributed by atoms with Crippen molar-refractivity contribution in [3.8, 4) is 5.75 Å². The van der Waals surface area contributed by atoms with E-state index < -0.39 is 28.3 Å². The van der Waals surface area contributed by atoms with Crippen molar-refractivity contribution in [1.29, 1.82) is 0 Å². The Morgan fingerprint density at radius 3 is 1.87 bits per heavy atom. The Hall–Kier alpha value is -4.73. The van der Waals surface area contributed by atoms with Crippen LogP contribution < -0.4 is 10.1 Å². The summed E-state index contributed by atoms with van der Waals surface area (Å²) in [7, 11) is 1.60. The molecule has 2 fully saturated rings. The molecule has 0 radical (unpaired) electrons. The number of rotatable bonds is 9. The van der Waals surface area contributed by atoms with Crippen LogP contribution in [0.25, 0.3) is 0 Å². The molecular weight excluding hydrogens is 609 g/mol. The maximum atomic E-state index is 14.4. The summed E-state index contributed by atoms with van der Waals surface area (Å²) in [6.07, 6.45) is -0.296. The summed E-state index contributed by atoms with van der Waals surface area (Å²) in [5.41, 5.74) is 3.09. The number of aliphatic imine (C=N–C) groups is 1. The lowest BCUT2D eigenvalue weighted by Crippen LogP contribution is -2.73. The van der Waals surface area contributed by atoms with E-state index in [0.717, 1.165) is 22.3 Å². The van der Waals surface area contributed by atoms with Crippen molar-refractivity contribution in [2.24, 2.45) is 4.99 Å². The van der Waals surface area contributed by atoms with Gasteiger partial charge in [-0.1, -0.05) is 103 Å². The number of carbonyl (C=O) groups is 3. The summed E-state index contributed by atoms with van der Waals surface area (Å²) in [5, 5.41) is 3.61. The minimum atomic E-state index is -0.826. The van der Waals surface area contributed by atoms with E-state index >= 15 is 0 Å².